The van der Waals surface area contributed by atoms with Crippen molar-refractivity contribution >= 4 is 0 Å². The number of ether oxygens (including phenoxy) is 3. The zero-order valence-corrected chi connectivity index (χ0v) is 22.4. The lowest BCUT2D eigenvalue weighted by Gasteiger charge is -2.27. The van der Waals surface area contributed by atoms with Gasteiger partial charge in [0.2, 0.25) is 5.75 Å². The molecular formula is C30H24F10O3. The molecule has 0 amide bonds. The Balaban J connectivity index is 1.43. The van der Waals surface area contributed by atoms with Crippen LogP contribution < -0.4 is 14.2 Å². The van der Waals surface area contributed by atoms with Gasteiger partial charge in [-0.25, -0.2) is 22.0 Å². The van der Waals surface area contributed by atoms with Crippen molar-refractivity contribution in [2.45, 2.75) is 51.0 Å². The maximum Gasteiger partial charge on any atom is 0.573 e. The van der Waals surface area contributed by atoms with Gasteiger partial charge in [-0.2, -0.15) is 8.78 Å². The van der Waals surface area contributed by atoms with E-state index in [-0.39, 0.29) is 23.6 Å². The second kappa shape index (κ2) is 12.8. The summed E-state index contributed by atoms with van der Waals surface area (Å²) in [6, 6.07) is 5.03. The number of halogens is 10. The Morgan fingerprint density at radius 1 is 0.744 bits per heavy atom. The van der Waals surface area contributed by atoms with Gasteiger partial charge in [-0.1, -0.05) is 18.2 Å². The minimum atomic E-state index is -5.45. The van der Waals surface area contributed by atoms with Crippen LogP contribution in [0.25, 0.3) is 11.1 Å². The minimum absolute atomic E-state index is 0.0244. The molecule has 0 atom stereocenters. The van der Waals surface area contributed by atoms with Crippen LogP contribution in [0.5, 0.6) is 17.2 Å². The Kier molecular flexibility index (Phi) is 9.50. The van der Waals surface area contributed by atoms with E-state index < -0.39 is 71.0 Å². The topological polar surface area (TPSA) is 27.7 Å². The number of hydrogen-bond donors (Lipinski definition) is 0. The molecule has 0 radical (unpaired) electrons. The van der Waals surface area contributed by atoms with Crippen molar-refractivity contribution in [2.75, 3.05) is 6.61 Å². The Labute approximate surface area is 239 Å². The molecule has 0 saturated heterocycles. The Bertz CT molecular complexity index is 1430. The molecule has 43 heavy (non-hydrogen) atoms. The first-order valence-electron chi connectivity index (χ1n) is 13.0. The van der Waals surface area contributed by atoms with Crippen molar-refractivity contribution in [2.24, 2.45) is 5.92 Å². The van der Waals surface area contributed by atoms with E-state index in [1.165, 1.54) is 12.1 Å². The molecule has 0 aromatic heterocycles. The number of alkyl halides is 5. The van der Waals surface area contributed by atoms with Gasteiger partial charge in [0.1, 0.15) is 17.4 Å². The molecule has 3 aromatic rings. The van der Waals surface area contributed by atoms with Crippen molar-refractivity contribution in [1.29, 1.82) is 0 Å². The molecule has 0 heterocycles. The first-order chi connectivity index (χ1) is 20.2. The molecule has 13 heteroatoms. The smallest absolute Gasteiger partial charge is 0.480 e. The molecule has 0 aliphatic heterocycles. The molecule has 232 valence electrons. The molecule has 1 aliphatic rings. The van der Waals surface area contributed by atoms with Gasteiger partial charge in [-0.05, 0) is 79.8 Å². The quantitative estimate of drug-likeness (QED) is 0.176. The number of rotatable bonds is 9. The number of hydrogen-bond acceptors (Lipinski definition) is 3. The fourth-order valence-electron chi connectivity index (χ4n) is 4.97. The van der Waals surface area contributed by atoms with E-state index in [0.29, 0.717) is 17.5 Å². The standard InChI is InChI=1S/C30H24F10O3/c1-2-3-16-4-6-17(7-5-16)19-11-22(32)27(23(33)12-19)18-8-9-26(21(31)10-18)41-15-29(36,37)42-20-13-24(34)28(25(35)14-20)43-30(38,39)40/h2-3,8-14,16-17H,4-7,15H2,1H3. The fourth-order valence-corrected chi connectivity index (χ4v) is 4.97. The van der Waals surface area contributed by atoms with Crippen LogP contribution in [0, 0.1) is 35.0 Å². The van der Waals surface area contributed by atoms with Crippen molar-refractivity contribution in [3.8, 4) is 28.4 Å². The monoisotopic (exact) mass is 622 g/mol. The van der Waals surface area contributed by atoms with Crippen LogP contribution in [0.1, 0.15) is 44.1 Å². The first kappa shape index (κ1) is 32.0. The highest BCUT2D eigenvalue weighted by atomic mass is 19.4. The van der Waals surface area contributed by atoms with Crippen molar-refractivity contribution in [3.05, 3.63) is 89.3 Å². The average molecular weight is 622 g/mol. The van der Waals surface area contributed by atoms with Gasteiger partial charge in [-0.3, -0.25) is 0 Å². The lowest BCUT2D eigenvalue weighted by Crippen LogP contribution is -2.32. The van der Waals surface area contributed by atoms with Crippen LogP contribution in [0.3, 0.4) is 0 Å². The number of benzene rings is 3. The van der Waals surface area contributed by atoms with Gasteiger partial charge in [0.05, 0.1) is 5.56 Å². The summed E-state index contributed by atoms with van der Waals surface area (Å²) in [6.07, 6.45) is -2.45. The summed E-state index contributed by atoms with van der Waals surface area (Å²) in [6.45, 7) is 0.223. The summed E-state index contributed by atoms with van der Waals surface area (Å²) in [5.74, 6) is -10.5. The Morgan fingerprint density at radius 3 is 1.88 bits per heavy atom. The van der Waals surface area contributed by atoms with E-state index in [1.807, 2.05) is 13.0 Å². The molecule has 0 bridgehead atoms. The summed E-state index contributed by atoms with van der Waals surface area (Å²) in [4.78, 5) is 0. The van der Waals surface area contributed by atoms with Gasteiger partial charge >= 0.3 is 12.5 Å². The maximum atomic E-state index is 15.0. The first-order valence-corrected chi connectivity index (χ1v) is 13.0. The van der Waals surface area contributed by atoms with Crippen LogP contribution in [0.15, 0.2) is 54.6 Å². The molecule has 0 N–H and O–H groups in total. The predicted molar refractivity (Wildman–Crippen MR) is 135 cm³/mol. The Hall–Kier alpha value is -3.90. The molecule has 1 fully saturated rings. The third kappa shape index (κ3) is 8.14. The number of allylic oxidation sites excluding steroid dienone is 2. The SMILES string of the molecule is CC=CC1CCC(c2cc(F)c(-c3ccc(OCC(F)(F)Oc4cc(F)c(OC(F)(F)F)c(F)c4)c(F)c3)c(F)c2)CC1. The lowest BCUT2D eigenvalue weighted by atomic mass is 9.78. The molecule has 4 rings (SSSR count). The van der Waals surface area contributed by atoms with Crippen LogP contribution in [-0.4, -0.2) is 19.1 Å². The summed E-state index contributed by atoms with van der Waals surface area (Å²) in [7, 11) is 0. The normalized spacial score (nSPS) is 17.7. The highest BCUT2D eigenvalue weighted by Gasteiger charge is 2.37. The van der Waals surface area contributed by atoms with Gasteiger partial charge < -0.3 is 14.2 Å². The second-order valence-electron chi connectivity index (χ2n) is 9.93. The zero-order chi connectivity index (χ0) is 31.5. The van der Waals surface area contributed by atoms with Crippen LogP contribution in [0.4, 0.5) is 43.9 Å². The summed E-state index contributed by atoms with van der Waals surface area (Å²) >= 11 is 0. The Morgan fingerprint density at radius 2 is 1.35 bits per heavy atom. The molecule has 1 aliphatic carbocycles. The molecule has 0 spiro atoms. The third-order valence-corrected chi connectivity index (χ3v) is 6.85. The zero-order valence-electron chi connectivity index (χ0n) is 22.4. The molecule has 3 nitrogen and oxygen atoms in total. The average Bonchev–Trinajstić information content (AvgIpc) is 2.90. The van der Waals surface area contributed by atoms with E-state index in [4.69, 9.17) is 4.74 Å². The van der Waals surface area contributed by atoms with Crippen LogP contribution in [-0.2, 0) is 0 Å². The predicted octanol–water partition coefficient (Wildman–Crippen LogP) is 9.85. The molecule has 3 aromatic carbocycles. The van der Waals surface area contributed by atoms with E-state index in [2.05, 4.69) is 15.5 Å². The van der Waals surface area contributed by atoms with Gasteiger partial charge in [0, 0.05) is 12.1 Å². The second-order valence-corrected chi connectivity index (χ2v) is 9.93. The van der Waals surface area contributed by atoms with Gasteiger partial charge in [0.15, 0.2) is 29.8 Å². The van der Waals surface area contributed by atoms with Crippen molar-refractivity contribution < 1.29 is 58.1 Å². The summed E-state index contributed by atoms with van der Waals surface area (Å²) in [5.41, 5.74) is -0.256. The van der Waals surface area contributed by atoms with E-state index >= 15 is 8.78 Å². The summed E-state index contributed by atoms with van der Waals surface area (Å²) in [5, 5.41) is 0. The minimum Gasteiger partial charge on any atom is -0.480 e. The van der Waals surface area contributed by atoms with E-state index in [1.54, 1.807) is 0 Å². The highest BCUT2D eigenvalue weighted by molar-refractivity contribution is 5.66. The molecular weight excluding hydrogens is 598 g/mol. The van der Waals surface area contributed by atoms with Crippen LogP contribution >= 0.6 is 0 Å². The van der Waals surface area contributed by atoms with Gasteiger partial charge in [-0.15, -0.1) is 13.2 Å². The molecule has 0 unspecified atom stereocenters. The van der Waals surface area contributed by atoms with Gasteiger partial charge in [0.25, 0.3) is 0 Å². The van der Waals surface area contributed by atoms with Crippen molar-refractivity contribution in [1.82, 2.24) is 0 Å². The maximum absolute atomic E-state index is 15.0. The molecule has 1 saturated carbocycles. The lowest BCUT2D eigenvalue weighted by molar-refractivity contribution is -0.276. The largest absolute Gasteiger partial charge is 0.573 e. The fraction of sp³-hybridized carbons (Fsp3) is 0.333. The summed E-state index contributed by atoms with van der Waals surface area (Å²) < 4.78 is 149. The highest BCUT2D eigenvalue weighted by Crippen LogP contribution is 2.39. The van der Waals surface area contributed by atoms with Crippen LogP contribution in [0.2, 0.25) is 0 Å². The third-order valence-electron chi connectivity index (χ3n) is 6.85. The van der Waals surface area contributed by atoms with E-state index in [0.717, 1.165) is 37.8 Å². The van der Waals surface area contributed by atoms with E-state index in [9.17, 15) is 35.1 Å². The van der Waals surface area contributed by atoms with Crippen molar-refractivity contribution in [3.63, 3.8) is 0 Å².